The number of hydrogen-bond donors (Lipinski definition) is 44. The van der Waals surface area contributed by atoms with Crippen molar-refractivity contribution in [1.29, 1.82) is 0 Å². The molecule has 0 aliphatic rings. The second kappa shape index (κ2) is 40.1. The summed E-state index contributed by atoms with van der Waals surface area (Å²) in [4.78, 5) is 0. The molecular formula is C97H84O44. The van der Waals surface area contributed by atoms with Crippen molar-refractivity contribution >= 4 is 0 Å². The molecule has 0 saturated carbocycles. The lowest BCUT2D eigenvalue weighted by atomic mass is 9.82. The van der Waals surface area contributed by atoms with Crippen molar-refractivity contribution in [3.63, 3.8) is 0 Å². The van der Waals surface area contributed by atoms with Gasteiger partial charge in [0.05, 0.1) is 0 Å². The maximum absolute atomic E-state index is 10.6. The molecule has 0 radical (unpaired) electrons. The van der Waals surface area contributed by atoms with E-state index in [4.69, 9.17) is 0 Å². The van der Waals surface area contributed by atoms with Gasteiger partial charge in [-0.2, -0.15) is 0 Å². The van der Waals surface area contributed by atoms with Gasteiger partial charge in [-0.15, -0.1) is 0 Å². The van der Waals surface area contributed by atoms with E-state index in [0.29, 0.717) is 0 Å². The minimum absolute atomic E-state index is 0.0357. The van der Waals surface area contributed by atoms with Crippen molar-refractivity contribution < 1.29 is 225 Å². The van der Waals surface area contributed by atoms with Crippen molar-refractivity contribution in [2.45, 2.75) is 43.4 Å². The lowest BCUT2D eigenvalue weighted by Crippen LogP contribution is -2.05. The smallest absolute Gasteiger partial charge is 0.200 e. The second-order valence-corrected chi connectivity index (χ2v) is 31.2. The van der Waals surface area contributed by atoms with E-state index in [1.165, 1.54) is 18.2 Å². The van der Waals surface area contributed by atoms with E-state index in [-0.39, 0.29) is 143 Å². The van der Waals surface area contributed by atoms with Gasteiger partial charge in [0.15, 0.2) is 69.0 Å². The molecule has 15 aromatic carbocycles. The fourth-order valence-corrected chi connectivity index (χ4v) is 15.1. The van der Waals surface area contributed by atoms with Crippen LogP contribution in [0.4, 0.5) is 0 Å². The van der Waals surface area contributed by atoms with Crippen molar-refractivity contribution in [2.24, 2.45) is 0 Å². The minimum atomic E-state index is -1.39. The molecule has 44 N–H and O–H groups in total. The maximum atomic E-state index is 10.6. The van der Waals surface area contributed by atoms with Crippen LogP contribution in [-0.4, -0.2) is 225 Å². The van der Waals surface area contributed by atoms with Crippen LogP contribution in [0, 0.1) is 0 Å². The highest BCUT2D eigenvalue weighted by molar-refractivity contribution is 5.72. The number of rotatable bonds is 17. The van der Waals surface area contributed by atoms with Gasteiger partial charge in [-0.3, -0.25) is 0 Å². The van der Waals surface area contributed by atoms with Gasteiger partial charge in [-0.05, 0) is 65.2 Å². The van der Waals surface area contributed by atoms with Crippen molar-refractivity contribution in [3.8, 4) is 253 Å². The third kappa shape index (κ3) is 21.3. The van der Waals surface area contributed by atoms with E-state index < -0.39 is 248 Å². The third-order valence-corrected chi connectivity index (χ3v) is 21.9. The van der Waals surface area contributed by atoms with Crippen LogP contribution < -0.4 is 0 Å². The Morgan fingerprint density at radius 2 is 0.305 bits per heavy atom. The van der Waals surface area contributed by atoms with Gasteiger partial charge in [0, 0.05) is 231 Å². The van der Waals surface area contributed by atoms with Crippen LogP contribution in [0.5, 0.6) is 253 Å². The van der Waals surface area contributed by atoms with E-state index in [1.54, 1.807) is 0 Å². The van der Waals surface area contributed by atoms with Gasteiger partial charge in [0.1, 0.15) is 172 Å². The lowest BCUT2D eigenvalue weighted by molar-refractivity contribution is 0.359. The van der Waals surface area contributed by atoms with Crippen LogP contribution in [0.15, 0.2) is 176 Å². The van der Waals surface area contributed by atoms with Crippen LogP contribution in [-0.2, 0) is 25.7 Å². The van der Waals surface area contributed by atoms with Crippen LogP contribution in [0.2, 0.25) is 0 Å². The first kappa shape index (κ1) is 101. The number of hydrogen-bond acceptors (Lipinski definition) is 44. The van der Waals surface area contributed by atoms with Gasteiger partial charge in [-0.1, -0.05) is 18.2 Å². The van der Waals surface area contributed by atoms with Crippen LogP contribution in [0.25, 0.3) is 0 Å². The average molecular weight is 1950 g/mol. The fraction of sp³-hybridized carbons (Fsp3) is 0.0722. The standard InChI is InChI=1S/2C20H18O9.2C19H16O9.C19H16O8/c2*21-8-1-14(23)10(15(24)2-8)5-12-18(27)7-19(28)13(20(12)29)6-11-16(25)3-9(22)4-17(11)26;20-8-3-10(22)17(11(23)4-8)16(7-1-14(26)19(28)15(27)2-7)18-12(24)5-9(21)6-13(18)25;20-10-3-1-8(15(24)18(10)27)14(7-5-12(22)17(26)13(23)6-7)9-2-4-11(21)19(28)16(9)25;20-9-4-13(24)18(14(25)5-9)17(8-1-2-11(22)12(23)3-8)19-15(26)6-10(21)7-16(19)27/h2*1-4,7,21-29H,5-6H2;1-6,16,20-28H;1-6,14,20-28H;1-7,17,20-27H. The molecule has 0 spiro atoms. The highest BCUT2D eigenvalue weighted by Gasteiger charge is 2.36. The van der Waals surface area contributed by atoms with Gasteiger partial charge < -0.3 is 225 Å². The van der Waals surface area contributed by atoms with Gasteiger partial charge in [-0.25, -0.2) is 0 Å². The Labute approximate surface area is 788 Å². The molecule has 736 valence electrons. The van der Waals surface area contributed by atoms with Gasteiger partial charge >= 0.3 is 0 Å². The van der Waals surface area contributed by atoms with E-state index in [0.717, 1.165) is 158 Å². The summed E-state index contributed by atoms with van der Waals surface area (Å²) in [6, 6.07) is 29.2. The normalized spacial score (nSPS) is 11.0. The summed E-state index contributed by atoms with van der Waals surface area (Å²) < 4.78 is 0. The molecule has 0 aromatic heterocycles. The number of aromatic hydroxyl groups is 44. The Balaban J connectivity index is 0.000000168. The monoisotopic (exact) mass is 1950 g/mol. The summed E-state index contributed by atoms with van der Waals surface area (Å²) in [5.74, 6) is -28.9. The summed E-state index contributed by atoms with van der Waals surface area (Å²) in [5, 5.41) is 437. The second-order valence-electron chi connectivity index (χ2n) is 31.2. The first-order valence-corrected chi connectivity index (χ1v) is 40.0. The summed E-state index contributed by atoms with van der Waals surface area (Å²) >= 11 is 0. The molecule has 141 heavy (non-hydrogen) atoms. The van der Waals surface area contributed by atoms with Gasteiger partial charge in [0.25, 0.3) is 0 Å². The zero-order chi connectivity index (χ0) is 104. The first-order chi connectivity index (χ1) is 66.1. The molecule has 0 fully saturated rings. The fourth-order valence-electron chi connectivity index (χ4n) is 15.1. The van der Waals surface area contributed by atoms with Crippen LogP contribution >= 0.6 is 0 Å². The third-order valence-electron chi connectivity index (χ3n) is 21.9. The Kier molecular flexibility index (Phi) is 28.8. The predicted molar refractivity (Wildman–Crippen MR) is 484 cm³/mol. The average Bonchev–Trinajstić information content (AvgIpc) is 0.764. The molecule has 0 aliphatic carbocycles. The molecule has 0 aliphatic heterocycles. The molecule has 0 amide bonds. The number of benzene rings is 15. The zero-order valence-electron chi connectivity index (χ0n) is 71.5. The lowest BCUT2D eigenvalue weighted by Gasteiger charge is -2.23. The van der Waals surface area contributed by atoms with Crippen molar-refractivity contribution in [2.75, 3.05) is 0 Å². The minimum Gasteiger partial charge on any atom is -0.508 e. The predicted octanol–water partition coefficient (Wildman–Crippen LogP) is 11.4. The molecule has 0 heterocycles. The molecular weight excluding hydrogens is 1870 g/mol. The summed E-state index contributed by atoms with van der Waals surface area (Å²) in [5.41, 5.74) is -1.99. The van der Waals surface area contributed by atoms with E-state index in [1.807, 2.05) is 0 Å². The maximum Gasteiger partial charge on any atom is 0.200 e. The summed E-state index contributed by atoms with van der Waals surface area (Å²) in [6.45, 7) is 0. The molecule has 0 saturated heterocycles. The Morgan fingerprint density at radius 1 is 0.121 bits per heavy atom. The summed E-state index contributed by atoms with van der Waals surface area (Å²) in [7, 11) is 0. The van der Waals surface area contributed by atoms with E-state index in [2.05, 4.69) is 0 Å². The SMILES string of the molecule is Oc1cc(C(c2ccc(O)c(O)c2O)c2ccc(O)c(O)c2O)cc(O)c1O.Oc1cc(O)c(C(c2cc(O)c(O)c(O)c2)c2c(O)cc(O)cc2O)c(O)c1.Oc1cc(O)c(C(c2ccc(O)c(O)c2)c2c(O)cc(O)cc2O)c(O)c1.Oc1cc(O)c(Cc2c(O)cc(O)c(Cc3c(O)cc(O)cc3O)c2O)c(O)c1.Oc1cc(O)c(Cc2c(O)cc(O)c(Cc3c(O)cc(O)cc3O)c2O)c(O)c1. The van der Waals surface area contributed by atoms with Crippen molar-refractivity contribution in [1.82, 2.24) is 0 Å². The molecule has 0 bridgehead atoms. The molecule has 44 nitrogen and oxygen atoms in total. The first-order valence-electron chi connectivity index (χ1n) is 40.0. The van der Waals surface area contributed by atoms with Gasteiger partial charge in [0.2, 0.25) is 11.5 Å². The zero-order valence-corrected chi connectivity index (χ0v) is 71.5. The highest BCUT2D eigenvalue weighted by atomic mass is 16.4. The quantitative estimate of drug-likeness (QED) is 0.0297. The van der Waals surface area contributed by atoms with Crippen molar-refractivity contribution in [3.05, 3.63) is 271 Å². The Hall–Kier alpha value is -20.5. The number of phenolic OH excluding ortho intramolecular Hbond substituents is 44. The largest absolute Gasteiger partial charge is 0.508 e. The highest BCUT2D eigenvalue weighted by Crippen LogP contribution is 2.58. The van der Waals surface area contributed by atoms with E-state index in [9.17, 15) is 225 Å². The van der Waals surface area contributed by atoms with Crippen LogP contribution in [0.1, 0.15) is 112 Å². The topological polar surface area (TPSA) is 890 Å². The molecule has 0 atom stereocenters. The van der Waals surface area contributed by atoms with E-state index >= 15 is 0 Å². The molecule has 15 rings (SSSR count). The van der Waals surface area contributed by atoms with Crippen LogP contribution in [0.3, 0.4) is 0 Å². The molecule has 0 unspecified atom stereocenters. The molecule has 44 heteroatoms. The number of phenols is 44. The molecule has 15 aromatic rings. The Bertz CT molecular complexity index is 6650. The summed E-state index contributed by atoms with van der Waals surface area (Å²) in [6.07, 6.45) is -1.46. The Morgan fingerprint density at radius 3 is 0.525 bits per heavy atom.